The van der Waals surface area contributed by atoms with E-state index in [0.717, 1.165) is 33.6 Å². The van der Waals surface area contributed by atoms with Gasteiger partial charge in [0.15, 0.2) is 0 Å². The van der Waals surface area contributed by atoms with Gasteiger partial charge in [-0.05, 0) is 41.7 Å². The average Bonchev–Trinajstić information content (AvgIpc) is 2.60. The topological polar surface area (TPSA) is 12.0 Å². The van der Waals surface area contributed by atoms with Crippen LogP contribution in [0, 0.1) is 12.7 Å². The van der Waals surface area contributed by atoms with Crippen molar-refractivity contribution in [2.45, 2.75) is 20.3 Å². The van der Waals surface area contributed by atoms with Crippen LogP contribution < -0.4 is 5.32 Å². The maximum atomic E-state index is 14.3. The molecule has 0 aromatic heterocycles. The van der Waals surface area contributed by atoms with Gasteiger partial charge in [0.05, 0.1) is 0 Å². The van der Waals surface area contributed by atoms with Crippen LogP contribution in [0.25, 0.3) is 0 Å². The Bertz CT molecular complexity index is 931. The number of nitrogens with one attached hydrogen (secondary N) is 1. The summed E-state index contributed by atoms with van der Waals surface area (Å²) in [5, 5.41) is 3.24. The van der Waals surface area contributed by atoms with Gasteiger partial charge in [-0.3, -0.25) is 0 Å². The first-order chi connectivity index (χ1) is 12.3. The number of benzene rings is 1. The van der Waals surface area contributed by atoms with Gasteiger partial charge in [-0.15, -0.1) is 5.73 Å². The monoisotopic (exact) mass is 345 g/mol. The number of halogens is 1. The van der Waals surface area contributed by atoms with Crippen molar-refractivity contribution in [2.24, 2.45) is 0 Å². The van der Waals surface area contributed by atoms with Crippen LogP contribution in [0.5, 0.6) is 0 Å². The second-order valence-corrected chi connectivity index (χ2v) is 6.33. The Labute approximate surface area is 155 Å². The summed E-state index contributed by atoms with van der Waals surface area (Å²) >= 11 is 0. The normalized spacial score (nSPS) is 13.5. The molecule has 1 heterocycles. The molecule has 1 aliphatic rings. The highest BCUT2D eigenvalue weighted by Gasteiger charge is 2.21. The van der Waals surface area contributed by atoms with E-state index in [1.54, 1.807) is 25.1 Å². The Morgan fingerprint density at radius 1 is 1.31 bits per heavy atom. The molecule has 1 aromatic carbocycles. The van der Waals surface area contributed by atoms with Crippen molar-refractivity contribution in [3.63, 3.8) is 0 Å². The lowest BCUT2D eigenvalue weighted by Gasteiger charge is -2.24. The van der Waals surface area contributed by atoms with Crippen LogP contribution in [-0.4, -0.2) is 0 Å². The van der Waals surface area contributed by atoms with E-state index >= 15 is 0 Å². The first kappa shape index (κ1) is 19.2. The molecule has 1 aromatic rings. The number of aryl methyl sites for hydroxylation is 1. The first-order valence-electron chi connectivity index (χ1n) is 8.33. The molecule has 0 saturated heterocycles. The Kier molecular flexibility index (Phi) is 5.82. The second kappa shape index (κ2) is 7.86. The van der Waals surface area contributed by atoms with Gasteiger partial charge < -0.3 is 5.32 Å². The molecule has 0 aliphatic carbocycles. The van der Waals surface area contributed by atoms with Gasteiger partial charge in [0.2, 0.25) is 0 Å². The molecule has 2 heteroatoms. The van der Waals surface area contributed by atoms with Crippen molar-refractivity contribution in [2.75, 3.05) is 0 Å². The molecule has 26 heavy (non-hydrogen) atoms. The third-order valence-electron chi connectivity index (χ3n) is 4.39. The quantitative estimate of drug-likeness (QED) is 0.492. The zero-order chi connectivity index (χ0) is 19.4. The fraction of sp³-hybridized carbons (Fsp3) is 0.125. The van der Waals surface area contributed by atoms with E-state index in [1.165, 1.54) is 0 Å². The van der Waals surface area contributed by atoms with Gasteiger partial charge in [-0.25, -0.2) is 4.39 Å². The summed E-state index contributed by atoms with van der Waals surface area (Å²) in [5.41, 5.74) is 9.84. The van der Waals surface area contributed by atoms with E-state index in [4.69, 9.17) is 0 Å². The smallest absolute Gasteiger partial charge is 0.129 e. The maximum Gasteiger partial charge on any atom is 0.129 e. The van der Waals surface area contributed by atoms with E-state index in [-0.39, 0.29) is 5.82 Å². The molecule has 0 amide bonds. The maximum absolute atomic E-state index is 14.3. The Hall–Kier alpha value is -3.09. The summed E-state index contributed by atoms with van der Waals surface area (Å²) in [4.78, 5) is 0. The van der Waals surface area contributed by atoms with Crippen molar-refractivity contribution in [3.8, 4) is 0 Å². The fourth-order valence-electron chi connectivity index (χ4n) is 2.98. The summed E-state index contributed by atoms with van der Waals surface area (Å²) < 4.78 is 14.3. The molecule has 0 saturated carbocycles. The third-order valence-corrected chi connectivity index (χ3v) is 4.39. The van der Waals surface area contributed by atoms with E-state index in [2.05, 4.69) is 43.9 Å². The molecular formula is C24H24FN. The van der Waals surface area contributed by atoms with Gasteiger partial charge >= 0.3 is 0 Å². The van der Waals surface area contributed by atoms with Crippen molar-refractivity contribution < 1.29 is 4.39 Å². The summed E-state index contributed by atoms with van der Waals surface area (Å²) in [6, 6.07) is 5.36. The molecular weight excluding hydrogens is 321 g/mol. The summed E-state index contributed by atoms with van der Waals surface area (Å²) in [5.74, 6) is -0.206. The molecule has 0 spiro atoms. The highest BCUT2D eigenvalue weighted by molar-refractivity contribution is 5.67. The van der Waals surface area contributed by atoms with Crippen LogP contribution in [0.1, 0.15) is 18.1 Å². The van der Waals surface area contributed by atoms with E-state index < -0.39 is 0 Å². The third kappa shape index (κ3) is 3.61. The first-order valence-corrected chi connectivity index (χ1v) is 8.33. The largest absolute Gasteiger partial charge is 0.360 e. The molecule has 1 nitrogen and oxygen atoms in total. The van der Waals surface area contributed by atoms with Crippen LogP contribution >= 0.6 is 0 Å². The zero-order valence-electron chi connectivity index (χ0n) is 15.5. The Morgan fingerprint density at radius 2 is 2.00 bits per heavy atom. The van der Waals surface area contributed by atoms with Crippen LogP contribution in [0.15, 0.2) is 108 Å². The Balaban J connectivity index is 2.35. The van der Waals surface area contributed by atoms with Gasteiger partial charge in [-0.2, -0.15) is 0 Å². The van der Waals surface area contributed by atoms with Crippen LogP contribution in [0.4, 0.5) is 4.39 Å². The van der Waals surface area contributed by atoms with Crippen LogP contribution in [0.3, 0.4) is 0 Å². The van der Waals surface area contributed by atoms with Crippen LogP contribution in [0.2, 0.25) is 0 Å². The predicted octanol–water partition coefficient (Wildman–Crippen LogP) is 6.00. The molecule has 2 rings (SSSR count). The molecule has 0 atom stereocenters. The molecule has 0 bridgehead atoms. The molecule has 132 valence electrons. The standard InChI is InChI=1S/C24H24FN/c1-8-20(17(6)13-19-12-10-11-16(5)23(19)25)22-14-26-24(15(3)4)21(9-2)18(22)7/h9-12,14,26H,1-3,6-7,13H2,4-5H3. The van der Waals surface area contributed by atoms with Gasteiger partial charge in [-0.1, -0.05) is 57.2 Å². The number of hydrogen-bond donors (Lipinski definition) is 1. The Morgan fingerprint density at radius 3 is 2.58 bits per heavy atom. The summed E-state index contributed by atoms with van der Waals surface area (Å²) in [7, 11) is 0. The number of rotatable bonds is 6. The number of allylic oxidation sites excluding steroid dienone is 7. The van der Waals surface area contributed by atoms with Crippen molar-refractivity contribution in [1.29, 1.82) is 0 Å². The lowest BCUT2D eigenvalue weighted by molar-refractivity contribution is 0.604. The lowest BCUT2D eigenvalue weighted by Crippen LogP contribution is -2.18. The summed E-state index contributed by atoms with van der Waals surface area (Å²) in [6.45, 7) is 23.6. The minimum Gasteiger partial charge on any atom is -0.360 e. The number of hydrogen-bond acceptors (Lipinski definition) is 1. The van der Waals surface area contributed by atoms with Crippen molar-refractivity contribution >= 4 is 0 Å². The highest BCUT2D eigenvalue weighted by Crippen LogP contribution is 2.34. The van der Waals surface area contributed by atoms with Gasteiger partial charge in [0.25, 0.3) is 0 Å². The number of dihydropyridines is 1. The molecule has 0 unspecified atom stereocenters. The van der Waals surface area contributed by atoms with Crippen molar-refractivity contribution in [1.82, 2.24) is 5.32 Å². The summed E-state index contributed by atoms with van der Waals surface area (Å²) in [6.07, 6.45) is 3.96. The molecule has 1 aliphatic heterocycles. The highest BCUT2D eigenvalue weighted by atomic mass is 19.1. The second-order valence-electron chi connectivity index (χ2n) is 6.33. The van der Waals surface area contributed by atoms with E-state index in [9.17, 15) is 4.39 Å². The van der Waals surface area contributed by atoms with Gasteiger partial charge in [0, 0.05) is 35.0 Å². The molecule has 0 fully saturated rings. The minimum absolute atomic E-state index is 0.206. The van der Waals surface area contributed by atoms with E-state index in [1.807, 2.05) is 19.2 Å². The lowest BCUT2D eigenvalue weighted by atomic mass is 9.85. The zero-order valence-corrected chi connectivity index (χ0v) is 15.5. The SMILES string of the molecule is C=C=C(C(=C)Cc1cccc(C)c1F)C1=CNC(C(=C)C)=C(C=C)C1=C. The average molecular weight is 345 g/mol. The minimum atomic E-state index is -0.206. The predicted molar refractivity (Wildman–Crippen MR) is 109 cm³/mol. The fourth-order valence-corrected chi connectivity index (χ4v) is 2.98. The van der Waals surface area contributed by atoms with Gasteiger partial charge in [0.1, 0.15) is 5.82 Å². The molecule has 1 N–H and O–H groups in total. The molecule has 0 radical (unpaired) electrons. The van der Waals surface area contributed by atoms with Crippen LogP contribution in [-0.2, 0) is 6.42 Å². The van der Waals surface area contributed by atoms with Crippen molar-refractivity contribution in [3.05, 3.63) is 125 Å². The van der Waals surface area contributed by atoms with E-state index in [0.29, 0.717) is 23.1 Å².